The molecule has 0 unspecified atom stereocenters. The fraction of sp³-hybridized carbons (Fsp3) is 0.357. The largest absolute Gasteiger partial charge is 0.428 e. The van der Waals surface area contributed by atoms with Crippen molar-refractivity contribution in [1.82, 2.24) is 15.3 Å². The normalized spacial score (nSPS) is 10.3. The zero-order valence-electron chi connectivity index (χ0n) is 11.6. The third-order valence-corrected chi connectivity index (χ3v) is 2.94. The van der Waals surface area contributed by atoms with Gasteiger partial charge in [-0.1, -0.05) is 6.92 Å². The number of urea groups is 1. The van der Waals surface area contributed by atoms with Crippen molar-refractivity contribution in [3.8, 4) is 0 Å². The molecule has 2 amide bonds. The Labute approximate surface area is 117 Å². The maximum absolute atomic E-state index is 11.7. The molecule has 106 valence electrons. The van der Waals surface area contributed by atoms with Gasteiger partial charge in [0.1, 0.15) is 5.76 Å². The Bertz CT molecular complexity index is 580. The van der Waals surface area contributed by atoms with Gasteiger partial charge in [-0.15, -0.1) is 0 Å². The Hall–Kier alpha value is -2.37. The van der Waals surface area contributed by atoms with Gasteiger partial charge < -0.3 is 9.73 Å². The van der Waals surface area contributed by atoms with Crippen molar-refractivity contribution < 1.29 is 9.21 Å². The number of oxazole rings is 1. The summed E-state index contributed by atoms with van der Waals surface area (Å²) in [6.45, 7) is 4.50. The maximum Gasteiger partial charge on any atom is 0.322 e. The molecule has 0 aliphatic heterocycles. The van der Waals surface area contributed by atoms with Crippen molar-refractivity contribution in [2.75, 3.05) is 11.9 Å². The number of carbonyl (C=O) groups excluding carboxylic acids is 1. The van der Waals surface area contributed by atoms with E-state index in [-0.39, 0.29) is 12.0 Å². The summed E-state index contributed by atoms with van der Waals surface area (Å²) in [7, 11) is 0. The number of hydrogen-bond donors (Lipinski definition) is 2. The minimum absolute atomic E-state index is 0.222. The first-order chi connectivity index (χ1) is 9.69. The molecule has 6 heteroatoms. The standard InChI is InChI=1S/C14H18N4O2/c1-3-12-9-17-14(20-12)18-13(19)16-7-5-11-4-6-15-8-10(11)2/h4,6,8-9H,3,5,7H2,1-2H3,(H2,16,17,18,19). The van der Waals surface area contributed by atoms with Crippen LogP contribution >= 0.6 is 0 Å². The Morgan fingerprint density at radius 1 is 1.40 bits per heavy atom. The molecule has 2 rings (SSSR count). The molecule has 2 N–H and O–H groups in total. The second-order valence-corrected chi connectivity index (χ2v) is 4.42. The Kier molecular flexibility index (Phi) is 4.70. The van der Waals surface area contributed by atoms with Gasteiger partial charge >= 0.3 is 12.0 Å². The van der Waals surface area contributed by atoms with Crippen LogP contribution in [0, 0.1) is 6.92 Å². The Morgan fingerprint density at radius 2 is 2.25 bits per heavy atom. The zero-order valence-corrected chi connectivity index (χ0v) is 11.6. The van der Waals surface area contributed by atoms with Crippen LogP contribution in [-0.2, 0) is 12.8 Å². The molecule has 2 heterocycles. The van der Waals surface area contributed by atoms with Crippen LogP contribution in [0.1, 0.15) is 23.8 Å². The molecule has 0 bridgehead atoms. The van der Waals surface area contributed by atoms with E-state index in [4.69, 9.17) is 4.42 Å². The average molecular weight is 274 g/mol. The smallest absolute Gasteiger partial charge is 0.322 e. The first-order valence-corrected chi connectivity index (χ1v) is 6.58. The van der Waals surface area contributed by atoms with Crippen molar-refractivity contribution in [3.63, 3.8) is 0 Å². The molecule has 0 aliphatic rings. The van der Waals surface area contributed by atoms with E-state index in [1.54, 1.807) is 12.4 Å². The van der Waals surface area contributed by atoms with Crippen molar-refractivity contribution in [2.45, 2.75) is 26.7 Å². The minimum Gasteiger partial charge on any atom is -0.428 e. The summed E-state index contributed by atoms with van der Waals surface area (Å²) in [6, 6.07) is 1.86. The zero-order chi connectivity index (χ0) is 14.4. The monoisotopic (exact) mass is 274 g/mol. The lowest BCUT2D eigenvalue weighted by Gasteiger charge is -2.06. The highest BCUT2D eigenvalue weighted by molar-refractivity contribution is 5.86. The molecule has 0 saturated carbocycles. The van der Waals surface area contributed by atoms with Gasteiger partial charge in [0, 0.05) is 25.4 Å². The summed E-state index contributed by atoms with van der Waals surface area (Å²) in [4.78, 5) is 19.6. The molecule has 0 fully saturated rings. The summed E-state index contributed by atoms with van der Waals surface area (Å²) in [5.74, 6) is 0.743. The lowest BCUT2D eigenvalue weighted by Crippen LogP contribution is -2.30. The molecule has 0 aromatic carbocycles. The summed E-state index contributed by atoms with van der Waals surface area (Å²) in [5, 5.41) is 5.32. The van der Waals surface area contributed by atoms with Crippen LogP contribution in [0.4, 0.5) is 10.8 Å². The van der Waals surface area contributed by atoms with Crippen LogP contribution in [0.2, 0.25) is 0 Å². The number of pyridine rings is 1. The highest BCUT2D eigenvalue weighted by atomic mass is 16.4. The third-order valence-electron chi connectivity index (χ3n) is 2.94. The van der Waals surface area contributed by atoms with Gasteiger partial charge in [0.25, 0.3) is 0 Å². The van der Waals surface area contributed by atoms with Crippen LogP contribution in [0.3, 0.4) is 0 Å². The van der Waals surface area contributed by atoms with E-state index in [0.717, 1.165) is 24.2 Å². The van der Waals surface area contributed by atoms with Gasteiger partial charge in [-0.3, -0.25) is 10.3 Å². The molecule has 0 saturated heterocycles. The first-order valence-electron chi connectivity index (χ1n) is 6.58. The van der Waals surface area contributed by atoms with Gasteiger partial charge in [-0.2, -0.15) is 0 Å². The fourth-order valence-corrected chi connectivity index (χ4v) is 1.76. The number of hydrogen-bond acceptors (Lipinski definition) is 4. The number of carbonyl (C=O) groups is 1. The average Bonchev–Trinajstić information content (AvgIpc) is 2.88. The van der Waals surface area contributed by atoms with Gasteiger partial charge in [0.15, 0.2) is 0 Å². The van der Waals surface area contributed by atoms with E-state index < -0.39 is 0 Å². The summed E-state index contributed by atoms with van der Waals surface area (Å²) in [6.07, 6.45) is 6.68. The van der Waals surface area contributed by atoms with E-state index in [1.807, 2.05) is 26.1 Å². The van der Waals surface area contributed by atoms with Crippen LogP contribution in [-0.4, -0.2) is 22.5 Å². The van der Waals surface area contributed by atoms with Gasteiger partial charge in [-0.05, 0) is 30.5 Å². The Balaban J connectivity index is 1.77. The van der Waals surface area contributed by atoms with E-state index in [1.165, 1.54) is 5.56 Å². The Morgan fingerprint density at radius 3 is 2.95 bits per heavy atom. The molecular formula is C14H18N4O2. The minimum atomic E-state index is -0.318. The van der Waals surface area contributed by atoms with E-state index in [0.29, 0.717) is 6.54 Å². The lowest BCUT2D eigenvalue weighted by molar-refractivity contribution is 0.251. The maximum atomic E-state index is 11.7. The van der Waals surface area contributed by atoms with Crippen LogP contribution in [0.25, 0.3) is 0 Å². The molecule has 2 aromatic rings. The van der Waals surface area contributed by atoms with Gasteiger partial charge in [-0.25, -0.2) is 9.78 Å². The number of nitrogens with zero attached hydrogens (tertiary/aromatic N) is 2. The van der Waals surface area contributed by atoms with Gasteiger partial charge in [0.2, 0.25) is 0 Å². The molecule has 20 heavy (non-hydrogen) atoms. The van der Waals surface area contributed by atoms with Crippen LogP contribution < -0.4 is 10.6 Å². The molecular weight excluding hydrogens is 256 g/mol. The molecule has 6 nitrogen and oxygen atoms in total. The topological polar surface area (TPSA) is 80.0 Å². The number of nitrogens with one attached hydrogen (secondary N) is 2. The molecule has 0 spiro atoms. The SMILES string of the molecule is CCc1cnc(NC(=O)NCCc2ccncc2C)o1. The van der Waals surface area contributed by atoms with Crippen LogP contribution in [0.5, 0.6) is 0 Å². The van der Waals surface area contributed by atoms with Crippen molar-refractivity contribution in [1.29, 1.82) is 0 Å². The highest BCUT2D eigenvalue weighted by Crippen LogP contribution is 2.08. The van der Waals surface area contributed by atoms with Crippen molar-refractivity contribution in [2.24, 2.45) is 0 Å². The molecule has 0 atom stereocenters. The molecule has 2 aromatic heterocycles. The van der Waals surface area contributed by atoms with E-state index in [9.17, 15) is 4.79 Å². The molecule has 0 radical (unpaired) electrons. The molecule has 0 aliphatic carbocycles. The quantitative estimate of drug-likeness (QED) is 0.876. The number of rotatable bonds is 5. The second-order valence-electron chi connectivity index (χ2n) is 4.42. The first kappa shape index (κ1) is 14.0. The van der Waals surface area contributed by atoms with Gasteiger partial charge in [0.05, 0.1) is 6.20 Å². The highest BCUT2D eigenvalue weighted by Gasteiger charge is 2.07. The van der Waals surface area contributed by atoms with E-state index >= 15 is 0 Å². The number of aryl methyl sites for hydroxylation is 2. The predicted molar refractivity (Wildman–Crippen MR) is 75.6 cm³/mol. The third kappa shape index (κ3) is 3.81. The lowest BCUT2D eigenvalue weighted by atomic mass is 10.1. The predicted octanol–water partition coefficient (Wildman–Crippen LogP) is 2.30. The number of amides is 2. The number of anilines is 1. The van der Waals surface area contributed by atoms with Crippen molar-refractivity contribution >= 4 is 12.0 Å². The van der Waals surface area contributed by atoms with E-state index in [2.05, 4.69) is 20.6 Å². The van der Waals surface area contributed by atoms with Crippen LogP contribution in [0.15, 0.2) is 29.1 Å². The second kappa shape index (κ2) is 6.70. The summed E-state index contributed by atoms with van der Waals surface area (Å²) >= 11 is 0. The number of aromatic nitrogens is 2. The fourth-order valence-electron chi connectivity index (χ4n) is 1.76. The summed E-state index contributed by atoms with van der Waals surface area (Å²) < 4.78 is 5.30. The summed E-state index contributed by atoms with van der Waals surface area (Å²) in [5.41, 5.74) is 2.29. The van der Waals surface area contributed by atoms with Crippen molar-refractivity contribution in [3.05, 3.63) is 41.5 Å².